The monoisotopic (exact) mass is 301 g/mol. The number of amides is 1. The molecule has 6 heteroatoms. The van der Waals surface area contributed by atoms with Gasteiger partial charge in [-0.25, -0.2) is 4.79 Å². The van der Waals surface area contributed by atoms with Crippen molar-refractivity contribution in [2.45, 2.75) is 32.9 Å². The van der Waals surface area contributed by atoms with Crippen molar-refractivity contribution in [2.24, 2.45) is 0 Å². The Balaban J connectivity index is 2.57. The lowest BCUT2D eigenvalue weighted by Gasteiger charge is -2.24. The molecule has 0 fully saturated rings. The van der Waals surface area contributed by atoms with E-state index in [1.165, 1.54) is 4.90 Å². The van der Waals surface area contributed by atoms with E-state index in [0.717, 1.165) is 0 Å². The van der Waals surface area contributed by atoms with Gasteiger partial charge >= 0.3 is 6.09 Å². The molecule has 0 unspecified atom stereocenters. The summed E-state index contributed by atoms with van der Waals surface area (Å²) in [7, 11) is 1.66. The molecule has 1 rings (SSSR count). The van der Waals surface area contributed by atoms with Gasteiger partial charge in [-0.15, -0.1) is 5.10 Å². The molecule has 0 atom stereocenters. The minimum Gasteiger partial charge on any atom is -0.444 e. The average Bonchev–Trinajstić information content (AvgIpc) is 2.19. The van der Waals surface area contributed by atoms with Crippen LogP contribution in [0.5, 0.6) is 0 Å². The Bertz CT molecular complexity index is 387. The number of halogens is 1. The molecule has 17 heavy (non-hydrogen) atoms. The molecule has 0 saturated heterocycles. The summed E-state index contributed by atoms with van der Waals surface area (Å²) in [6.07, 6.45) is -0.373. The van der Waals surface area contributed by atoms with E-state index < -0.39 is 5.60 Å². The summed E-state index contributed by atoms with van der Waals surface area (Å²) in [5.74, 6) is 0. The Morgan fingerprint density at radius 2 is 2.06 bits per heavy atom. The first-order valence-electron chi connectivity index (χ1n) is 5.20. The molecule has 0 aromatic carbocycles. The van der Waals surface area contributed by atoms with Crippen LogP contribution in [0.1, 0.15) is 26.5 Å². The molecule has 1 aromatic rings. The second-order valence-electron chi connectivity index (χ2n) is 4.68. The van der Waals surface area contributed by atoms with Gasteiger partial charge in [0.25, 0.3) is 0 Å². The fourth-order valence-electron chi connectivity index (χ4n) is 1.08. The van der Waals surface area contributed by atoms with Gasteiger partial charge in [0.05, 0.1) is 12.2 Å². The van der Waals surface area contributed by atoms with Crippen LogP contribution in [0.4, 0.5) is 4.79 Å². The lowest BCUT2D eigenvalue weighted by atomic mass is 10.2. The second kappa shape index (κ2) is 5.44. The van der Waals surface area contributed by atoms with Crippen LogP contribution >= 0.6 is 15.9 Å². The number of hydrogen-bond donors (Lipinski definition) is 0. The third-order valence-electron chi connectivity index (χ3n) is 1.79. The number of aromatic nitrogens is 2. The smallest absolute Gasteiger partial charge is 0.410 e. The van der Waals surface area contributed by atoms with E-state index in [1.807, 2.05) is 20.8 Å². The lowest BCUT2D eigenvalue weighted by molar-refractivity contribution is 0.0282. The lowest BCUT2D eigenvalue weighted by Crippen LogP contribution is -2.34. The maximum Gasteiger partial charge on any atom is 0.410 e. The predicted octanol–water partition coefficient (Wildman–Crippen LogP) is 2.61. The van der Waals surface area contributed by atoms with E-state index in [1.54, 1.807) is 19.2 Å². The Morgan fingerprint density at radius 3 is 2.53 bits per heavy atom. The third-order valence-corrected chi connectivity index (χ3v) is 2.21. The highest BCUT2D eigenvalue weighted by Crippen LogP contribution is 2.11. The van der Waals surface area contributed by atoms with E-state index in [9.17, 15) is 4.79 Å². The molecular weight excluding hydrogens is 286 g/mol. The molecule has 5 nitrogen and oxygen atoms in total. The van der Waals surface area contributed by atoms with E-state index in [-0.39, 0.29) is 6.09 Å². The van der Waals surface area contributed by atoms with Crippen LogP contribution in [-0.4, -0.2) is 33.8 Å². The summed E-state index contributed by atoms with van der Waals surface area (Å²) in [5.41, 5.74) is 0.220. The second-order valence-corrected chi connectivity index (χ2v) is 5.50. The van der Waals surface area contributed by atoms with Gasteiger partial charge in [0.2, 0.25) is 0 Å². The van der Waals surface area contributed by atoms with Crippen molar-refractivity contribution in [3.8, 4) is 0 Å². The van der Waals surface area contributed by atoms with Gasteiger partial charge in [-0.1, -0.05) is 0 Å². The number of rotatable bonds is 2. The average molecular weight is 302 g/mol. The van der Waals surface area contributed by atoms with Gasteiger partial charge in [0.15, 0.2) is 0 Å². The van der Waals surface area contributed by atoms with Gasteiger partial charge < -0.3 is 9.64 Å². The molecule has 0 aliphatic carbocycles. The molecule has 94 valence electrons. The number of nitrogens with zero attached hydrogens (tertiary/aromatic N) is 3. The number of hydrogen-bond acceptors (Lipinski definition) is 4. The van der Waals surface area contributed by atoms with Crippen molar-refractivity contribution in [1.82, 2.24) is 15.1 Å². The summed E-state index contributed by atoms with van der Waals surface area (Å²) in [6.45, 7) is 5.86. The van der Waals surface area contributed by atoms with Crippen LogP contribution in [0.25, 0.3) is 0 Å². The van der Waals surface area contributed by atoms with Crippen molar-refractivity contribution in [3.63, 3.8) is 0 Å². The predicted molar refractivity (Wildman–Crippen MR) is 67.4 cm³/mol. The van der Waals surface area contributed by atoms with Crippen LogP contribution < -0.4 is 0 Å². The molecule has 0 radical (unpaired) electrons. The summed E-state index contributed by atoms with van der Waals surface area (Å²) in [5, 5.41) is 7.80. The summed E-state index contributed by atoms with van der Waals surface area (Å²) in [6, 6.07) is 3.59. The summed E-state index contributed by atoms with van der Waals surface area (Å²) < 4.78 is 5.89. The normalized spacial score (nSPS) is 11.1. The Labute approximate surface area is 109 Å². The largest absolute Gasteiger partial charge is 0.444 e. The molecule has 0 bridgehead atoms. The van der Waals surface area contributed by atoms with E-state index >= 15 is 0 Å². The maximum absolute atomic E-state index is 11.7. The van der Waals surface area contributed by atoms with Crippen LogP contribution in [0.15, 0.2) is 16.7 Å². The van der Waals surface area contributed by atoms with E-state index in [2.05, 4.69) is 26.1 Å². The molecule has 1 heterocycles. The fraction of sp³-hybridized carbons (Fsp3) is 0.545. The molecule has 0 spiro atoms. The highest BCUT2D eigenvalue weighted by Gasteiger charge is 2.19. The summed E-state index contributed by atoms with van der Waals surface area (Å²) >= 11 is 3.20. The zero-order valence-electron chi connectivity index (χ0n) is 10.4. The molecule has 1 aromatic heterocycles. The molecule has 0 saturated carbocycles. The zero-order chi connectivity index (χ0) is 13.1. The van der Waals surface area contributed by atoms with Gasteiger partial charge in [-0.3, -0.25) is 0 Å². The molecular formula is C11H16BrN3O2. The first kappa shape index (κ1) is 13.9. The first-order chi connectivity index (χ1) is 7.78. The van der Waals surface area contributed by atoms with E-state index in [0.29, 0.717) is 16.8 Å². The van der Waals surface area contributed by atoms with E-state index in [4.69, 9.17) is 4.74 Å². The molecule has 0 aliphatic heterocycles. The van der Waals surface area contributed by atoms with Crippen molar-refractivity contribution >= 4 is 22.0 Å². The topological polar surface area (TPSA) is 55.3 Å². The van der Waals surface area contributed by atoms with Crippen LogP contribution in [0.3, 0.4) is 0 Å². The van der Waals surface area contributed by atoms with Crippen molar-refractivity contribution < 1.29 is 9.53 Å². The van der Waals surface area contributed by atoms with Gasteiger partial charge in [0.1, 0.15) is 10.2 Å². The van der Waals surface area contributed by atoms with Crippen LogP contribution in [-0.2, 0) is 11.3 Å². The van der Waals surface area contributed by atoms with Crippen molar-refractivity contribution in [2.75, 3.05) is 7.05 Å². The number of carbonyl (C=O) groups excluding carboxylic acids is 1. The first-order valence-corrected chi connectivity index (χ1v) is 5.99. The third kappa shape index (κ3) is 5.12. The van der Waals surface area contributed by atoms with Crippen LogP contribution in [0.2, 0.25) is 0 Å². The van der Waals surface area contributed by atoms with Gasteiger partial charge in [0, 0.05) is 7.05 Å². The number of carbonyl (C=O) groups is 1. The highest BCUT2D eigenvalue weighted by molar-refractivity contribution is 9.10. The Hall–Kier alpha value is -1.17. The van der Waals surface area contributed by atoms with Crippen molar-refractivity contribution in [3.05, 3.63) is 22.4 Å². The van der Waals surface area contributed by atoms with Gasteiger partial charge in [-0.2, -0.15) is 5.10 Å². The highest BCUT2D eigenvalue weighted by atomic mass is 79.9. The van der Waals surface area contributed by atoms with Crippen molar-refractivity contribution in [1.29, 1.82) is 0 Å². The SMILES string of the molecule is CN(Cc1ccc(Br)nn1)C(=O)OC(C)(C)C. The molecule has 1 amide bonds. The summed E-state index contributed by atoms with van der Waals surface area (Å²) in [4.78, 5) is 13.1. The Morgan fingerprint density at radius 1 is 1.41 bits per heavy atom. The maximum atomic E-state index is 11.7. The van der Waals surface area contributed by atoms with Crippen LogP contribution in [0, 0.1) is 0 Å². The fourth-order valence-corrected chi connectivity index (χ4v) is 1.29. The zero-order valence-corrected chi connectivity index (χ0v) is 12.0. The number of ether oxygens (including phenoxy) is 1. The minimum atomic E-state index is -0.489. The quantitative estimate of drug-likeness (QED) is 0.842. The molecule has 0 N–H and O–H groups in total. The molecule has 0 aliphatic rings. The Kier molecular flexibility index (Phi) is 4.45. The minimum absolute atomic E-state index is 0.370. The van der Waals surface area contributed by atoms with Gasteiger partial charge in [-0.05, 0) is 48.8 Å². The standard InChI is InChI=1S/C11H16BrN3O2/c1-11(2,3)17-10(16)15(4)7-8-5-6-9(12)14-13-8/h5-6H,7H2,1-4H3.